The van der Waals surface area contributed by atoms with Crippen molar-refractivity contribution in [2.75, 3.05) is 31.1 Å². The minimum absolute atomic E-state index is 0.0389. The van der Waals surface area contributed by atoms with Gasteiger partial charge in [0.1, 0.15) is 5.84 Å². The van der Waals surface area contributed by atoms with Crippen molar-refractivity contribution >= 4 is 21.7 Å². The zero-order valence-corrected chi connectivity index (χ0v) is 12.6. The number of oxime groups is 1. The number of hydrogen-bond donors (Lipinski definition) is 3. The molecular weight excluding hydrogens is 296 g/mol. The molecule has 0 fully saturated rings. The predicted octanol–water partition coefficient (Wildman–Crippen LogP) is 0.110. The lowest BCUT2D eigenvalue weighted by Gasteiger charge is -2.24. The average molecular weight is 316 g/mol. The van der Waals surface area contributed by atoms with Crippen molar-refractivity contribution in [3.05, 3.63) is 30.3 Å². The lowest BCUT2D eigenvalue weighted by Crippen LogP contribution is -2.43. The molecular formula is C12H20N4O4S. The van der Waals surface area contributed by atoms with Gasteiger partial charge in [0.25, 0.3) is 0 Å². The van der Waals surface area contributed by atoms with E-state index in [1.54, 1.807) is 30.3 Å². The molecule has 0 unspecified atom stereocenters. The lowest BCUT2D eigenvalue weighted by atomic mass is 10.3. The highest BCUT2D eigenvalue weighted by atomic mass is 32.2. The summed E-state index contributed by atoms with van der Waals surface area (Å²) >= 11 is 0. The van der Waals surface area contributed by atoms with Gasteiger partial charge < -0.3 is 15.7 Å². The van der Waals surface area contributed by atoms with Crippen LogP contribution in [0, 0.1) is 0 Å². The maximum absolute atomic E-state index is 12.3. The molecule has 0 aromatic heterocycles. The summed E-state index contributed by atoms with van der Waals surface area (Å²) < 4.78 is 33.1. The molecule has 21 heavy (non-hydrogen) atoms. The third-order valence-corrected chi connectivity index (χ3v) is 4.17. The monoisotopic (exact) mass is 316 g/mol. The van der Waals surface area contributed by atoms with Crippen LogP contribution in [0.25, 0.3) is 0 Å². The number of anilines is 1. The first-order chi connectivity index (χ1) is 10.0. The number of nitrogens with zero attached hydrogens (tertiary/aromatic N) is 2. The lowest BCUT2D eigenvalue weighted by molar-refractivity contribution is 0.204. The number of ether oxygens (including phenoxy) is 1. The molecule has 118 valence electrons. The van der Waals surface area contributed by atoms with Crippen LogP contribution < -0.4 is 14.8 Å². The molecule has 8 nitrogen and oxygen atoms in total. The van der Waals surface area contributed by atoms with Crippen LogP contribution >= 0.6 is 0 Å². The molecule has 0 atom stereocenters. The maximum atomic E-state index is 12.3. The van der Waals surface area contributed by atoms with E-state index >= 15 is 0 Å². The fourth-order valence-corrected chi connectivity index (χ4v) is 2.83. The highest BCUT2D eigenvalue weighted by Crippen LogP contribution is 2.16. The normalized spacial score (nSPS) is 12.3. The number of para-hydroxylation sites is 1. The van der Waals surface area contributed by atoms with Crippen LogP contribution in [0.5, 0.6) is 0 Å². The molecule has 0 spiro atoms. The van der Waals surface area contributed by atoms with Crippen LogP contribution in [-0.2, 0) is 14.9 Å². The molecule has 0 aliphatic rings. The summed E-state index contributed by atoms with van der Waals surface area (Å²) in [6.07, 6.45) is 0.108. The van der Waals surface area contributed by atoms with E-state index in [-0.39, 0.29) is 32.0 Å². The van der Waals surface area contributed by atoms with Crippen molar-refractivity contribution in [1.82, 2.24) is 4.72 Å². The van der Waals surface area contributed by atoms with Gasteiger partial charge in [-0.05, 0) is 12.1 Å². The molecule has 0 aliphatic heterocycles. The van der Waals surface area contributed by atoms with Gasteiger partial charge in [-0.15, -0.1) is 0 Å². The highest BCUT2D eigenvalue weighted by Gasteiger charge is 2.21. The zero-order chi connectivity index (χ0) is 15.7. The van der Waals surface area contributed by atoms with Crippen LogP contribution in [0.3, 0.4) is 0 Å². The number of hydrogen-bond acceptors (Lipinski definition) is 5. The van der Waals surface area contributed by atoms with Crippen LogP contribution in [0.1, 0.15) is 6.42 Å². The molecule has 4 N–H and O–H groups in total. The summed E-state index contributed by atoms with van der Waals surface area (Å²) in [5.41, 5.74) is 5.90. The molecule has 9 heteroatoms. The predicted molar refractivity (Wildman–Crippen MR) is 80.6 cm³/mol. The molecule has 0 saturated heterocycles. The molecule has 0 radical (unpaired) electrons. The number of amidine groups is 1. The van der Waals surface area contributed by atoms with Crippen LogP contribution in [-0.4, -0.2) is 46.3 Å². The minimum Gasteiger partial charge on any atom is -0.409 e. The summed E-state index contributed by atoms with van der Waals surface area (Å²) in [5.74, 6) is -0.0389. The number of benzene rings is 1. The van der Waals surface area contributed by atoms with Crippen molar-refractivity contribution in [3.63, 3.8) is 0 Å². The van der Waals surface area contributed by atoms with E-state index < -0.39 is 10.2 Å². The van der Waals surface area contributed by atoms with Gasteiger partial charge in [-0.2, -0.15) is 13.1 Å². The Morgan fingerprint density at radius 1 is 1.43 bits per heavy atom. The van der Waals surface area contributed by atoms with Crippen molar-refractivity contribution < 1.29 is 18.4 Å². The summed E-state index contributed by atoms with van der Waals surface area (Å²) in [4.78, 5) is 0. The Morgan fingerprint density at radius 3 is 2.67 bits per heavy atom. The Hall–Kier alpha value is -1.84. The number of rotatable bonds is 9. The Bertz CT molecular complexity index is 548. The molecule has 1 aromatic carbocycles. The van der Waals surface area contributed by atoms with Gasteiger partial charge in [-0.25, -0.2) is 0 Å². The maximum Gasteiger partial charge on any atom is 0.301 e. The molecule has 0 saturated carbocycles. The molecule has 0 heterocycles. The second-order valence-electron chi connectivity index (χ2n) is 4.14. The first-order valence-corrected chi connectivity index (χ1v) is 7.73. The van der Waals surface area contributed by atoms with Gasteiger partial charge in [-0.3, -0.25) is 4.31 Å². The SMILES string of the molecule is COCCNS(=O)(=O)N(CC/C(N)=N/O)c1ccccc1. The number of nitrogens with one attached hydrogen (secondary N) is 1. The highest BCUT2D eigenvalue weighted by molar-refractivity contribution is 7.90. The van der Waals surface area contributed by atoms with Gasteiger partial charge >= 0.3 is 10.2 Å². The van der Waals surface area contributed by atoms with E-state index in [4.69, 9.17) is 15.7 Å². The van der Waals surface area contributed by atoms with Crippen molar-refractivity contribution in [2.45, 2.75) is 6.42 Å². The topological polar surface area (TPSA) is 117 Å². The largest absolute Gasteiger partial charge is 0.409 e. The third kappa shape index (κ3) is 5.58. The fraction of sp³-hybridized carbons (Fsp3) is 0.417. The minimum atomic E-state index is -3.74. The standard InChI is InChI=1S/C12H20N4O4S/c1-20-10-8-14-21(18,19)16(9-7-12(13)15-17)11-5-3-2-4-6-11/h2-6,14,17H,7-10H2,1H3,(H2,13,15). The molecule has 1 rings (SSSR count). The number of methoxy groups -OCH3 is 1. The zero-order valence-electron chi connectivity index (χ0n) is 11.8. The van der Waals surface area contributed by atoms with Crippen molar-refractivity contribution in [2.24, 2.45) is 10.9 Å². The summed E-state index contributed by atoms with van der Waals surface area (Å²) in [6, 6.07) is 8.59. The first-order valence-electron chi connectivity index (χ1n) is 6.29. The van der Waals surface area contributed by atoms with E-state index in [0.29, 0.717) is 5.69 Å². The second kappa shape index (κ2) is 8.45. The van der Waals surface area contributed by atoms with Gasteiger partial charge in [0.05, 0.1) is 12.3 Å². The Labute approximate surface area is 124 Å². The Morgan fingerprint density at radius 2 is 2.10 bits per heavy atom. The molecule has 1 aromatic rings. The van der Waals surface area contributed by atoms with Crippen molar-refractivity contribution in [3.8, 4) is 0 Å². The van der Waals surface area contributed by atoms with Crippen LogP contribution in [0.2, 0.25) is 0 Å². The van der Waals surface area contributed by atoms with E-state index in [0.717, 1.165) is 0 Å². The van der Waals surface area contributed by atoms with E-state index in [2.05, 4.69) is 9.88 Å². The van der Waals surface area contributed by atoms with E-state index in [9.17, 15) is 8.42 Å². The summed E-state index contributed by atoms with van der Waals surface area (Å²) in [5, 5.41) is 11.4. The summed E-state index contributed by atoms with van der Waals surface area (Å²) in [7, 11) is -2.25. The quantitative estimate of drug-likeness (QED) is 0.196. The molecule has 0 bridgehead atoms. The van der Waals surface area contributed by atoms with Crippen molar-refractivity contribution in [1.29, 1.82) is 0 Å². The molecule has 0 amide bonds. The Balaban J connectivity index is 2.91. The average Bonchev–Trinajstić information content (AvgIpc) is 2.48. The van der Waals surface area contributed by atoms with Gasteiger partial charge in [-0.1, -0.05) is 23.4 Å². The fourth-order valence-electron chi connectivity index (χ4n) is 1.60. The van der Waals surface area contributed by atoms with Crippen LogP contribution in [0.4, 0.5) is 5.69 Å². The summed E-state index contributed by atoms with van der Waals surface area (Å²) in [6.45, 7) is 0.482. The van der Waals surface area contributed by atoms with E-state index in [1.165, 1.54) is 11.4 Å². The smallest absolute Gasteiger partial charge is 0.301 e. The number of nitrogens with two attached hydrogens (primary N) is 1. The first kappa shape index (κ1) is 17.2. The third-order valence-electron chi connectivity index (χ3n) is 2.62. The van der Waals surface area contributed by atoms with E-state index in [1.807, 2.05) is 0 Å². The van der Waals surface area contributed by atoms with Gasteiger partial charge in [0, 0.05) is 26.6 Å². The van der Waals surface area contributed by atoms with Gasteiger partial charge in [0.2, 0.25) is 0 Å². The van der Waals surface area contributed by atoms with Gasteiger partial charge in [0.15, 0.2) is 0 Å². The second-order valence-corrected chi connectivity index (χ2v) is 5.82. The Kier molecular flexibility index (Phi) is 6.92. The van der Waals surface area contributed by atoms with Crippen LogP contribution in [0.15, 0.2) is 35.5 Å². The molecule has 0 aliphatic carbocycles.